The first-order valence-electron chi connectivity index (χ1n) is 5.14. The number of rotatable bonds is 4. The molecule has 0 saturated carbocycles. The smallest absolute Gasteiger partial charge is 0.243 e. The van der Waals surface area contributed by atoms with Crippen LogP contribution in [0, 0.1) is 0 Å². The maximum Gasteiger partial charge on any atom is 0.243 e. The maximum atomic E-state index is 11.0. The number of benzene rings is 1. The van der Waals surface area contributed by atoms with Crippen molar-refractivity contribution >= 4 is 5.91 Å². The van der Waals surface area contributed by atoms with E-state index in [2.05, 4.69) is 27.1 Å². The lowest BCUT2D eigenvalue weighted by atomic mass is 10.1. The standard InChI is InChI=1S/C12H12N4O/c1-2-11(17)13-7-9-4-3-5-10(6-9)12-14-8-15-16-12/h2-6,8H,1,7H2,(H,13,17)(H,14,15,16). The van der Waals surface area contributed by atoms with Crippen molar-refractivity contribution in [3.05, 3.63) is 48.8 Å². The van der Waals surface area contributed by atoms with Crippen molar-refractivity contribution in [2.24, 2.45) is 0 Å². The van der Waals surface area contributed by atoms with Crippen molar-refractivity contribution in [1.82, 2.24) is 20.5 Å². The second kappa shape index (κ2) is 5.07. The monoisotopic (exact) mass is 228 g/mol. The lowest BCUT2D eigenvalue weighted by Crippen LogP contribution is -2.19. The molecular weight excluding hydrogens is 216 g/mol. The fraction of sp³-hybridized carbons (Fsp3) is 0.0833. The molecule has 5 nitrogen and oxygen atoms in total. The molecule has 17 heavy (non-hydrogen) atoms. The molecule has 0 unspecified atom stereocenters. The van der Waals surface area contributed by atoms with E-state index in [4.69, 9.17) is 0 Å². The minimum atomic E-state index is -0.185. The van der Waals surface area contributed by atoms with E-state index >= 15 is 0 Å². The Morgan fingerprint density at radius 3 is 3.12 bits per heavy atom. The molecule has 5 heteroatoms. The molecule has 2 aromatic rings. The van der Waals surface area contributed by atoms with Crippen LogP contribution in [0.25, 0.3) is 11.4 Å². The molecule has 1 amide bonds. The predicted molar refractivity (Wildman–Crippen MR) is 63.9 cm³/mol. The number of H-pyrrole nitrogens is 1. The molecule has 0 aliphatic heterocycles. The highest BCUT2D eigenvalue weighted by atomic mass is 16.1. The number of carbonyl (C=O) groups excluding carboxylic acids is 1. The fourth-order valence-electron chi connectivity index (χ4n) is 1.43. The van der Waals surface area contributed by atoms with Gasteiger partial charge in [-0.3, -0.25) is 9.89 Å². The quantitative estimate of drug-likeness (QED) is 0.774. The summed E-state index contributed by atoms with van der Waals surface area (Å²) < 4.78 is 0. The molecule has 0 spiro atoms. The Morgan fingerprint density at radius 1 is 1.53 bits per heavy atom. The molecule has 0 aliphatic carbocycles. The van der Waals surface area contributed by atoms with Gasteiger partial charge in [0, 0.05) is 12.1 Å². The van der Waals surface area contributed by atoms with Crippen LogP contribution in [0.4, 0.5) is 0 Å². The number of nitrogens with zero attached hydrogens (tertiary/aromatic N) is 2. The Hall–Kier alpha value is -2.43. The molecule has 0 fully saturated rings. The molecule has 0 saturated heterocycles. The lowest BCUT2D eigenvalue weighted by molar-refractivity contribution is -0.116. The number of aromatic amines is 1. The van der Waals surface area contributed by atoms with E-state index in [0.717, 1.165) is 11.1 Å². The van der Waals surface area contributed by atoms with Gasteiger partial charge in [-0.05, 0) is 17.7 Å². The zero-order valence-corrected chi connectivity index (χ0v) is 9.18. The van der Waals surface area contributed by atoms with Gasteiger partial charge in [0.1, 0.15) is 6.33 Å². The second-order valence-electron chi connectivity index (χ2n) is 3.46. The van der Waals surface area contributed by atoms with Gasteiger partial charge < -0.3 is 5.32 Å². The van der Waals surface area contributed by atoms with E-state index in [9.17, 15) is 4.79 Å². The highest BCUT2D eigenvalue weighted by Crippen LogP contribution is 2.15. The van der Waals surface area contributed by atoms with Crippen molar-refractivity contribution in [1.29, 1.82) is 0 Å². The van der Waals surface area contributed by atoms with Crippen LogP contribution in [-0.2, 0) is 11.3 Å². The average Bonchev–Trinajstić information content (AvgIpc) is 2.90. The van der Waals surface area contributed by atoms with E-state index in [0.29, 0.717) is 12.4 Å². The van der Waals surface area contributed by atoms with Crippen LogP contribution < -0.4 is 5.32 Å². The van der Waals surface area contributed by atoms with Gasteiger partial charge in [-0.15, -0.1) is 0 Å². The summed E-state index contributed by atoms with van der Waals surface area (Å²) in [5.74, 6) is 0.525. The first-order chi connectivity index (χ1) is 8.29. The van der Waals surface area contributed by atoms with Crippen molar-refractivity contribution < 1.29 is 4.79 Å². The van der Waals surface area contributed by atoms with Gasteiger partial charge in [-0.25, -0.2) is 4.98 Å². The number of carbonyl (C=O) groups is 1. The van der Waals surface area contributed by atoms with Crippen LogP contribution in [0.3, 0.4) is 0 Å². The number of aromatic nitrogens is 3. The number of amides is 1. The first kappa shape index (κ1) is 11.1. The molecule has 0 aliphatic rings. The molecule has 2 N–H and O–H groups in total. The normalized spacial score (nSPS) is 9.88. The van der Waals surface area contributed by atoms with Crippen LogP contribution in [0.1, 0.15) is 5.56 Å². The van der Waals surface area contributed by atoms with Gasteiger partial charge in [-0.2, -0.15) is 5.10 Å². The minimum absolute atomic E-state index is 0.185. The second-order valence-corrected chi connectivity index (χ2v) is 3.46. The van der Waals surface area contributed by atoms with Gasteiger partial charge in [0.25, 0.3) is 0 Å². The van der Waals surface area contributed by atoms with Crippen LogP contribution in [0.2, 0.25) is 0 Å². The fourth-order valence-corrected chi connectivity index (χ4v) is 1.43. The Kier molecular flexibility index (Phi) is 3.30. The molecule has 1 aromatic heterocycles. The van der Waals surface area contributed by atoms with Crippen molar-refractivity contribution in [3.8, 4) is 11.4 Å². The zero-order chi connectivity index (χ0) is 12.1. The summed E-state index contributed by atoms with van der Waals surface area (Å²) in [6.45, 7) is 3.86. The molecule has 86 valence electrons. The molecule has 2 rings (SSSR count). The summed E-state index contributed by atoms with van der Waals surface area (Å²) in [6.07, 6.45) is 2.71. The van der Waals surface area contributed by atoms with E-state index in [1.807, 2.05) is 24.3 Å². The Labute approximate surface area is 98.6 Å². The van der Waals surface area contributed by atoms with Crippen molar-refractivity contribution in [2.45, 2.75) is 6.54 Å². The first-order valence-corrected chi connectivity index (χ1v) is 5.14. The third-order valence-electron chi connectivity index (χ3n) is 2.27. The summed E-state index contributed by atoms with van der Waals surface area (Å²) in [7, 11) is 0. The SMILES string of the molecule is C=CC(=O)NCc1cccc(-c2ncn[nH]2)c1. The van der Waals surface area contributed by atoms with E-state index in [-0.39, 0.29) is 5.91 Å². The van der Waals surface area contributed by atoms with E-state index in [1.54, 1.807) is 0 Å². The zero-order valence-electron chi connectivity index (χ0n) is 9.18. The molecule has 0 atom stereocenters. The number of hydrogen-bond acceptors (Lipinski definition) is 3. The summed E-state index contributed by atoms with van der Waals surface area (Å²) in [5, 5.41) is 9.31. The average molecular weight is 228 g/mol. The predicted octanol–water partition coefficient (Wildman–Crippen LogP) is 1.27. The summed E-state index contributed by atoms with van der Waals surface area (Å²) in [4.78, 5) is 15.1. The highest BCUT2D eigenvalue weighted by molar-refractivity contribution is 5.86. The Balaban J connectivity index is 2.12. The van der Waals surface area contributed by atoms with Crippen LogP contribution in [-0.4, -0.2) is 21.1 Å². The summed E-state index contributed by atoms with van der Waals surface area (Å²) in [5.41, 5.74) is 1.93. The molecular formula is C12H12N4O. The van der Waals surface area contributed by atoms with Crippen molar-refractivity contribution in [2.75, 3.05) is 0 Å². The van der Waals surface area contributed by atoms with Gasteiger partial charge in [0.15, 0.2) is 5.82 Å². The van der Waals surface area contributed by atoms with Gasteiger partial charge in [-0.1, -0.05) is 24.8 Å². The van der Waals surface area contributed by atoms with E-state index < -0.39 is 0 Å². The number of hydrogen-bond donors (Lipinski definition) is 2. The maximum absolute atomic E-state index is 11.0. The Morgan fingerprint density at radius 2 is 2.41 bits per heavy atom. The van der Waals surface area contributed by atoms with Crippen LogP contribution in [0.15, 0.2) is 43.2 Å². The largest absolute Gasteiger partial charge is 0.348 e. The van der Waals surface area contributed by atoms with Gasteiger partial charge in [0.05, 0.1) is 0 Å². The highest BCUT2D eigenvalue weighted by Gasteiger charge is 2.02. The summed E-state index contributed by atoms with van der Waals surface area (Å²) in [6, 6.07) is 7.72. The molecule has 0 bridgehead atoms. The van der Waals surface area contributed by atoms with E-state index in [1.165, 1.54) is 12.4 Å². The van der Waals surface area contributed by atoms with Crippen LogP contribution in [0.5, 0.6) is 0 Å². The third kappa shape index (κ3) is 2.78. The lowest BCUT2D eigenvalue weighted by Gasteiger charge is -2.04. The molecule has 0 radical (unpaired) electrons. The van der Waals surface area contributed by atoms with Gasteiger partial charge in [0.2, 0.25) is 5.91 Å². The number of nitrogens with one attached hydrogen (secondary N) is 2. The Bertz CT molecular complexity index is 519. The minimum Gasteiger partial charge on any atom is -0.348 e. The van der Waals surface area contributed by atoms with Crippen molar-refractivity contribution in [3.63, 3.8) is 0 Å². The molecule has 1 aromatic carbocycles. The van der Waals surface area contributed by atoms with Gasteiger partial charge >= 0.3 is 0 Å². The van der Waals surface area contributed by atoms with Crippen LogP contribution >= 0.6 is 0 Å². The third-order valence-corrected chi connectivity index (χ3v) is 2.27. The topological polar surface area (TPSA) is 70.7 Å². The summed E-state index contributed by atoms with van der Waals surface area (Å²) >= 11 is 0. The molecule has 1 heterocycles.